The summed E-state index contributed by atoms with van der Waals surface area (Å²) in [6.07, 6.45) is 1.20. The van der Waals surface area contributed by atoms with Gasteiger partial charge in [0.15, 0.2) is 0 Å². The Bertz CT molecular complexity index is 400. The van der Waals surface area contributed by atoms with E-state index in [0.717, 1.165) is 28.8 Å². The van der Waals surface area contributed by atoms with Crippen LogP contribution >= 0.6 is 0 Å². The number of hydrazine groups is 1. The predicted octanol–water partition coefficient (Wildman–Crippen LogP) is 2.32. The summed E-state index contributed by atoms with van der Waals surface area (Å²) in [7, 11) is 0. The lowest BCUT2D eigenvalue weighted by Crippen LogP contribution is -2.15. The Morgan fingerprint density at radius 1 is 1.38 bits per heavy atom. The molecule has 2 unspecified atom stereocenters. The molecule has 0 aromatic carbocycles. The normalized spacial score (nSPS) is 23.6. The second-order valence-corrected chi connectivity index (χ2v) is 5.05. The van der Waals surface area contributed by atoms with E-state index in [1.54, 1.807) is 0 Å². The third-order valence-electron chi connectivity index (χ3n) is 3.31. The Kier molecular flexibility index (Phi) is 2.84. The zero-order valence-electron chi connectivity index (χ0n) is 10.4. The van der Waals surface area contributed by atoms with Crippen LogP contribution in [-0.4, -0.2) is 9.97 Å². The number of hydrogen-bond acceptors (Lipinski definition) is 4. The van der Waals surface area contributed by atoms with Gasteiger partial charge in [-0.25, -0.2) is 15.8 Å². The highest BCUT2D eigenvalue weighted by atomic mass is 15.3. The molecule has 4 heteroatoms. The molecule has 0 radical (unpaired) electrons. The molecule has 0 aliphatic heterocycles. The van der Waals surface area contributed by atoms with Gasteiger partial charge in [-0.05, 0) is 25.2 Å². The van der Waals surface area contributed by atoms with Gasteiger partial charge >= 0.3 is 0 Å². The van der Waals surface area contributed by atoms with Crippen LogP contribution in [0, 0.1) is 12.8 Å². The molecule has 1 aliphatic rings. The van der Waals surface area contributed by atoms with Gasteiger partial charge in [0.25, 0.3) is 0 Å². The minimum atomic E-state index is 0.386. The van der Waals surface area contributed by atoms with Crippen LogP contribution in [0.1, 0.15) is 56.1 Å². The molecule has 1 heterocycles. The van der Waals surface area contributed by atoms with Crippen molar-refractivity contribution in [1.82, 2.24) is 9.97 Å². The molecular weight excluding hydrogens is 200 g/mol. The molecule has 1 aromatic rings. The second kappa shape index (κ2) is 4.01. The van der Waals surface area contributed by atoms with Crippen molar-refractivity contribution in [2.75, 3.05) is 5.43 Å². The van der Waals surface area contributed by atoms with Crippen LogP contribution in [0.25, 0.3) is 0 Å². The van der Waals surface area contributed by atoms with E-state index in [4.69, 9.17) is 5.84 Å². The lowest BCUT2D eigenvalue weighted by Gasteiger charge is -2.15. The first-order chi connectivity index (χ1) is 7.54. The number of aryl methyl sites for hydroxylation is 1. The van der Waals surface area contributed by atoms with Crippen LogP contribution in [0.2, 0.25) is 0 Å². The fraction of sp³-hybridized carbons (Fsp3) is 0.667. The molecule has 88 valence electrons. The van der Waals surface area contributed by atoms with E-state index >= 15 is 0 Å². The van der Waals surface area contributed by atoms with Crippen LogP contribution in [0.15, 0.2) is 0 Å². The molecular formula is C12H20N4. The van der Waals surface area contributed by atoms with Crippen molar-refractivity contribution in [3.05, 3.63) is 17.1 Å². The Morgan fingerprint density at radius 3 is 2.44 bits per heavy atom. The van der Waals surface area contributed by atoms with E-state index in [1.165, 1.54) is 6.42 Å². The van der Waals surface area contributed by atoms with Gasteiger partial charge in [0.1, 0.15) is 11.6 Å². The van der Waals surface area contributed by atoms with Crippen molar-refractivity contribution in [2.45, 2.75) is 46.0 Å². The van der Waals surface area contributed by atoms with Crippen molar-refractivity contribution in [1.29, 1.82) is 0 Å². The summed E-state index contributed by atoms with van der Waals surface area (Å²) < 4.78 is 0. The van der Waals surface area contributed by atoms with E-state index < -0.39 is 0 Å². The van der Waals surface area contributed by atoms with Gasteiger partial charge in [-0.3, -0.25) is 0 Å². The summed E-state index contributed by atoms with van der Waals surface area (Å²) in [5.41, 5.74) is 4.88. The Labute approximate surface area is 96.6 Å². The second-order valence-electron chi connectivity index (χ2n) is 5.05. The summed E-state index contributed by atoms with van der Waals surface area (Å²) in [6, 6.07) is 0. The maximum atomic E-state index is 5.54. The highest BCUT2D eigenvalue weighted by molar-refractivity contribution is 5.47. The third kappa shape index (κ3) is 1.89. The molecule has 0 saturated heterocycles. The minimum absolute atomic E-state index is 0.386. The van der Waals surface area contributed by atoms with Gasteiger partial charge in [0.2, 0.25) is 0 Å². The zero-order chi connectivity index (χ0) is 11.9. The molecule has 1 fully saturated rings. The van der Waals surface area contributed by atoms with Gasteiger partial charge in [0.05, 0.1) is 0 Å². The van der Waals surface area contributed by atoms with Crippen molar-refractivity contribution in [3.63, 3.8) is 0 Å². The molecule has 16 heavy (non-hydrogen) atoms. The number of aromatic nitrogens is 2. The zero-order valence-corrected chi connectivity index (χ0v) is 10.4. The monoisotopic (exact) mass is 220 g/mol. The molecule has 0 bridgehead atoms. The van der Waals surface area contributed by atoms with Gasteiger partial charge in [0, 0.05) is 17.2 Å². The van der Waals surface area contributed by atoms with Crippen LogP contribution in [0.3, 0.4) is 0 Å². The van der Waals surface area contributed by atoms with Crippen LogP contribution in [0.5, 0.6) is 0 Å². The highest BCUT2D eigenvalue weighted by Crippen LogP contribution is 2.46. The number of nitrogens with zero attached hydrogens (tertiary/aromatic N) is 2. The Balaban J connectivity index is 2.42. The number of rotatable bonds is 3. The standard InChI is InChI=1S/C12H20N4/c1-6(2)10-8(4)14-11(9-5-7(9)3)15-12(10)16-13/h6-7,9H,5,13H2,1-4H3,(H,14,15,16). The van der Waals surface area contributed by atoms with Gasteiger partial charge in [-0.1, -0.05) is 20.8 Å². The van der Waals surface area contributed by atoms with Crippen molar-refractivity contribution < 1.29 is 0 Å². The first-order valence-corrected chi connectivity index (χ1v) is 5.89. The summed E-state index contributed by atoms with van der Waals surface area (Å²) in [5.74, 6) is 8.91. The lowest BCUT2D eigenvalue weighted by atomic mass is 10.0. The summed E-state index contributed by atoms with van der Waals surface area (Å²) in [5, 5.41) is 0. The van der Waals surface area contributed by atoms with Crippen LogP contribution in [0.4, 0.5) is 5.82 Å². The van der Waals surface area contributed by atoms with E-state index in [9.17, 15) is 0 Å². The van der Waals surface area contributed by atoms with Gasteiger partial charge < -0.3 is 5.43 Å². The first kappa shape index (κ1) is 11.3. The van der Waals surface area contributed by atoms with Crippen molar-refractivity contribution >= 4 is 5.82 Å². The van der Waals surface area contributed by atoms with Crippen LogP contribution < -0.4 is 11.3 Å². The van der Waals surface area contributed by atoms with Crippen LogP contribution in [-0.2, 0) is 0 Å². The maximum absolute atomic E-state index is 5.54. The molecule has 2 atom stereocenters. The minimum Gasteiger partial charge on any atom is -0.308 e. The smallest absolute Gasteiger partial charge is 0.147 e. The molecule has 1 aliphatic carbocycles. The molecule has 3 N–H and O–H groups in total. The van der Waals surface area contributed by atoms with Crippen molar-refractivity contribution in [2.24, 2.45) is 11.8 Å². The summed E-state index contributed by atoms with van der Waals surface area (Å²) in [4.78, 5) is 9.15. The van der Waals surface area contributed by atoms with E-state index in [0.29, 0.717) is 11.8 Å². The molecule has 0 spiro atoms. The predicted molar refractivity (Wildman–Crippen MR) is 65.2 cm³/mol. The van der Waals surface area contributed by atoms with Gasteiger partial charge in [-0.2, -0.15) is 0 Å². The lowest BCUT2D eigenvalue weighted by molar-refractivity contribution is 0.785. The third-order valence-corrected chi connectivity index (χ3v) is 3.31. The SMILES string of the molecule is Cc1nc(C2CC2C)nc(NN)c1C(C)C. The first-order valence-electron chi connectivity index (χ1n) is 5.89. The average Bonchev–Trinajstić information content (AvgIpc) is 2.93. The van der Waals surface area contributed by atoms with Crippen molar-refractivity contribution in [3.8, 4) is 0 Å². The molecule has 1 saturated carbocycles. The largest absolute Gasteiger partial charge is 0.308 e. The molecule has 0 amide bonds. The fourth-order valence-corrected chi connectivity index (χ4v) is 2.25. The number of hydrogen-bond donors (Lipinski definition) is 2. The topological polar surface area (TPSA) is 63.8 Å². The Hall–Kier alpha value is -1.16. The van der Waals surface area contributed by atoms with E-state index in [2.05, 4.69) is 36.2 Å². The fourth-order valence-electron chi connectivity index (χ4n) is 2.25. The Morgan fingerprint density at radius 2 is 2.00 bits per heavy atom. The van der Waals surface area contributed by atoms with Gasteiger partial charge in [-0.15, -0.1) is 0 Å². The molecule has 4 nitrogen and oxygen atoms in total. The molecule has 2 rings (SSSR count). The van der Waals surface area contributed by atoms with E-state index in [-0.39, 0.29) is 0 Å². The number of nitrogen functional groups attached to an aromatic ring is 1. The number of nitrogens with two attached hydrogens (primary N) is 1. The maximum Gasteiger partial charge on any atom is 0.147 e. The summed E-state index contributed by atoms with van der Waals surface area (Å²) in [6.45, 7) is 8.53. The highest BCUT2D eigenvalue weighted by Gasteiger charge is 2.37. The molecule has 1 aromatic heterocycles. The van der Waals surface area contributed by atoms with E-state index in [1.807, 2.05) is 6.92 Å². The quantitative estimate of drug-likeness (QED) is 0.606. The number of nitrogens with one attached hydrogen (secondary N) is 1. The summed E-state index contributed by atoms with van der Waals surface area (Å²) >= 11 is 0. The number of anilines is 1. The average molecular weight is 220 g/mol.